The van der Waals surface area contributed by atoms with E-state index in [1.165, 1.54) is 6.07 Å². The molecule has 1 atom stereocenters. The predicted octanol–water partition coefficient (Wildman–Crippen LogP) is 4.64. The molecule has 1 aromatic carbocycles. The van der Waals surface area contributed by atoms with Crippen molar-refractivity contribution < 1.29 is 18.4 Å². The van der Waals surface area contributed by atoms with Gasteiger partial charge in [0.15, 0.2) is 17.1 Å². The quantitative estimate of drug-likeness (QED) is 0.689. The first-order valence-corrected chi connectivity index (χ1v) is 9.29. The van der Waals surface area contributed by atoms with Crippen LogP contribution in [0.15, 0.2) is 46.0 Å². The zero-order valence-corrected chi connectivity index (χ0v) is 16.1. The lowest BCUT2D eigenvalue weighted by atomic mass is 10.1. The fourth-order valence-corrected chi connectivity index (χ4v) is 3.10. The van der Waals surface area contributed by atoms with Crippen molar-refractivity contribution in [2.75, 3.05) is 6.54 Å². The second kappa shape index (κ2) is 8.57. The van der Waals surface area contributed by atoms with E-state index in [0.717, 1.165) is 0 Å². The molecule has 1 amide bonds. The smallest absolute Gasteiger partial charge is 0.223 e. The number of oxime groups is 1. The fourth-order valence-electron chi connectivity index (χ4n) is 2.95. The summed E-state index contributed by atoms with van der Waals surface area (Å²) < 4.78 is 19.4. The minimum Gasteiger partial charge on any atom is -0.443 e. The lowest BCUT2D eigenvalue weighted by Gasteiger charge is -2.26. The Bertz CT molecular complexity index is 834. The molecule has 0 unspecified atom stereocenters. The Labute approximate surface area is 162 Å². The Morgan fingerprint density at radius 2 is 2.11 bits per heavy atom. The van der Waals surface area contributed by atoms with Crippen LogP contribution in [0.25, 0.3) is 0 Å². The number of hydrogen-bond acceptors (Lipinski definition) is 4. The molecule has 144 valence electrons. The molecule has 2 aromatic rings. The van der Waals surface area contributed by atoms with Gasteiger partial charge in [0.2, 0.25) is 5.91 Å². The molecule has 0 saturated heterocycles. The third-order valence-corrected chi connectivity index (χ3v) is 4.47. The Morgan fingerprint density at radius 1 is 1.33 bits per heavy atom. The summed E-state index contributed by atoms with van der Waals surface area (Å²) in [6.07, 6.45) is 0.571. The van der Waals surface area contributed by atoms with E-state index < -0.39 is 0 Å². The second-order valence-corrected chi connectivity index (χ2v) is 7.41. The van der Waals surface area contributed by atoms with Crippen molar-refractivity contribution in [3.63, 3.8) is 0 Å². The lowest BCUT2D eigenvalue weighted by molar-refractivity contribution is -0.134. The van der Waals surface area contributed by atoms with Gasteiger partial charge in [-0.3, -0.25) is 4.79 Å². The molecule has 0 aliphatic carbocycles. The number of carbonyl (C=O) groups is 1. The van der Waals surface area contributed by atoms with Crippen LogP contribution in [0.4, 0.5) is 4.39 Å². The Balaban J connectivity index is 1.68. The summed E-state index contributed by atoms with van der Waals surface area (Å²) >= 11 is 5.80. The number of hydrogen-bond donors (Lipinski definition) is 0. The molecule has 5 nitrogen and oxygen atoms in total. The zero-order valence-electron chi connectivity index (χ0n) is 15.3. The van der Waals surface area contributed by atoms with Gasteiger partial charge in [0.1, 0.15) is 11.5 Å². The highest BCUT2D eigenvalue weighted by atomic mass is 35.5. The van der Waals surface area contributed by atoms with Crippen LogP contribution in [0.3, 0.4) is 0 Å². The van der Waals surface area contributed by atoms with Gasteiger partial charge in [-0.2, -0.15) is 0 Å². The summed E-state index contributed by atoms with van der Waals surface area (Å²) in [6, 6.07) is 9.85. The van der Waals surface area contributed by atoms with Gasteiger partial charge in [-0.25, -0.2) is 4.39 Å². The number of halogens is 2. The molecule has 1 aliphatic rings. The van der Waals surface area contributed by atoms with Crippen LogP contribution in [0, 0.1) is 11.7 Å². The Kier molecular flexibility index (Phi) is 6.16. The first kappa shape index (κ1) is 19.4. The SMILES string of the molecule is CC(C)CC(=O)N(Cc1ccccc1F)C[C@H]1CC(c2ccc(Cl)o2)=NO1. The van der Waals surface area contributed by atoms with Gasteiger partial charge < -0.3 is 14.2 Å². The standard InChI is InChI=1S/C20H22ClFN2O3/c1-13(2)9-20(25)24(11-14-5-3-4-6-16(14)22)12-15-10-17(23-27-15)18-7-8-19(21)26-18/h3-8,13,15H,9-12H2,1-2H3/t15-/m1/s1. The molecule has 7 heteroatoms. The van der Waals surface area contributed by atoms with Crippen LogP contribution < -0.4 is 0 Å². The zero-order chi connectivity index (χ0) is 19.4. The molecule has 0 saturated carbocycles. The van der Waals surface area contributed by atoms with E-state index in [9.17, 15) is 9.18 Å². The normalized spacial score (nSPS) is 16.3. The average Bonchev–Trinajstić information content (AvgIpc) is 3.24. The van der Waals surface area contributed by atoms with E-state index in [2.05, 4.69) is 5.16 Å². The molecule has 0 fully saturated rings. The average molecular weight is 393 g/mol. The molecule has 1 aliphatic heterocycles. The van der Waals surface area contributed by atoms with E-state index in [0.29, 0.717) is 36.4 Å². The van der Waals surface area contributed by atoms with Crippen molar-refractivity contribution in [2.45, 2.75) is 39.3 Å². The topological polar surface area (TPSA) is 55.0 Å². The maximum absolute atomic E-state index is 14.1. The first-order valence-electron chi connectivity index (χ1n) is 8.92. The van der Waals surface area contributed by atoms with Crippen LogP contribution in [0.2, 0.25) is 5.22 Å². The van der Waals surface area contributed by atoms with E-state index in [4.69, 9.17) is 20.9 Å². The molecule has 27 heavy (non-hydrogen) atoms. The number of furan rings is 1. The van der Waals surface area contributed by atoms with Gasteiger partial charge in [-0.1, -0.05) is 37.2 Å². The van der Waals surface area contributed by atoms with Gasteiger partial charge in [-0.15, -0.1) is 0 Å². The first-order chi connectivity index (χ1) is 12.9. The summed E-state index contributed by atoms with van der Waals surface area (Å²) in [5.41, 5.74) is 1.13. The highest BCUT2D eigenvalue weighted by Gasteiger charge is 2.28. The predicted molar refractivity (Wildman–Crippen MR) is 101 cm³/mol. The maximum atomic E-state index is 14.1. The van der Waals surface area contributed by atoms with E-state index >= 15 is 0 Å². The van der Waals surface area contributed by atoms with Gasteiger partial charge in [-0.05, 0) is 35.7 Å². The highest BCUT2D eigenvalue weighted by molar-refractivity contribution is 6.29. The van der Waals surface area contributed by atoms with Crippen molar-refractivity contribution in [1.82, 2.24) is 4.90 Å². The van der Waals surface area contributed by atoms with Crippen LogP contribution >= 0.6 is 11.6 Å². The summed E-state index contributed by atoms with van der Waals surface area (Å²) in [5.74, 6) is 0.402. The van der Waals surface area contributed by atoms with Crippen molar-refractivity contribution in [3.8, 4) is 0 Å². The molecule has 2 heterocycles. The highest BCUT2D eigenvalue weighted by Crippen LogP contribution is 2.22. The Morgan fingerprint density at radius 3 is 2.78 bits per heavy atom. The molecule has 3 rings (SSSR count). The van der Waals surface area contributed by atoms with Gasteiger partial charge in [0.05, 0.1) is 6.54 Å². The molecule has 0 N–H and O–H groups in total. The van der Waals surface area contributed by atoms with Gasteiger partial charge >= 0.3 is 0 Å². The van der Waals surface area contributed by atoms with Gasteiger partial charge in [0, 0.05) is 24.9 Å². The summed E-state index contributed by atoms with van der Waals surface area (Å²) in [5, 5.41) is 4.33. The minimum atomic E-state index is -0.325. The maximum Gasteiger partial charge on any atom is 0.223 e. The summed E-state index contributed by atoms with van der Waals surface area (Å²) in [6.45, 7) is 4.47. The van der Waals surface area contributed by atoms with E-state index in [1.807, 2.05) is 13.8 Å². The van der Waals surface area contributed by atoms with Crippen molar-refractivity contribution in [1.29, 1.82) is 0 Å². The second-order valence-electron chi connectivity index (χ2n) is 7.04. The molecule has 0 spiro atoms. The van der Waals surface area contributed by atoms with Crippen molar-refractivity contribution >= 4 is 23.2 Å². The van der Waals surface area contributed by atoms with Crippen LogP contribution in [0.1, 0.15) is 38.0 Å². The molecule has 1 aromatic heterocycles. The van der Waals surface area contributed by atoms with Crippen LogP contribution in [-0.2, 0) is 16.2 Å². The number of carbonyl (C=O) groups excluding carboxylic acids is 1. The Hall–Kier alpha value is -2.34. The number of amides is 1. The van der Waals surface area contributed by atoms with Crippen LogP contribution in [0.5, 0.6) is 0 Å². The van der Waals surface area contributed by atoms with Gasteiger partial charge in [0.25, 0.3) is 0 Å². The molecule has 0 radical (unpaired) electrons. The summed E-state index contributed by atoms with van der Waals surface area (Å²) in [4.78, 5) is 19.8. The number of nitrogens with zero attached hydrogens (tertiary/aromatic N) is 2. The van der Waals surface area contributed by atoms with E-state index in [1.54, 1.807) is 35.2 Å². The molecular formula is C20H22ClFN2O3. The monoisotopic (exact) mass is 392 g/mol. The largest absolute Gasteiger partial charge is 0.443 e. The fraction of sp³-hybridized carbons (Fsp3) is 0.400. The molecular weight excluding hydrogens is 371 g/mol. The van der Waals surface area contributed by atoms with Crippen LogP contribution in [-0.4, -0.2) is 29.2 Å². The van der Waals surface area contributed by atoms with E-state index in [-0.39, 0.29) is 35.5 Å². The third kappa shape index (κ3) is 5.10. The third-order valence-electron chi connectivity index (χ3n) is 4.27. The van der Waals surface area contributed by atoms with Crippen molar-refractivity contribution in [2.24, 2.45) is 11.1 Å². The molecule has 0 bridgehead atoms. The number of rotatable bonds is 7. The number of benzene rings is 1. The van der Waals surface area contributed by atoms with Crippen molar-refractivity contribution in [3.05, 3.63) is 58.8 Å². The lowest BCUT2D eigenvalue weighted by Crippen LogP contribution is -2.38. The summed E-state index contributed by atoms with van der Waals surface area (Å²) in [7, 11) is 0. The minimum absolute atomic E-state index is 0.0358.